The first-order valence-electron chi connectivity index (χ1n) is 6.11. The SMILES string of the molecule is CC(C#N)CN(C)Cc1cccc2cccnc12. The van der Waals surface area contributed by atoms with Gasteiger partial charge in [-0.25, -0.2) is 0 Å². The molecule has 0 spiro atoms. The molecule has 92 valence electrons. The van der Waals surface area contributed by atoms with E-state index >= 15 is 0 Å². The van der Waals surface area contributed by atoms with Gasteiger partial charge in [0.25, 0.3) is 0 Å². The summed E-state index contributed by atoms with van der Waals surface area (Å²) in [5.41, 5.74) is 2.26. The Hall–Kier alpha value is -1.92. The van der Waals surface area contributed by atoms with E-state index in [1.807, 2.05) is 26.2 Å². The van der Waals surface area contributed by atoms with Crippen molar-refractivity contribution in [1.29, 1.82) is 5.26 Å². The normalized spacial score (nSPS) is 12.6. The number of benzene rings is 1. The van der Waals surface area contributed by atoms with Crippen LogP contribution in [0.3, 0.4) is 0 Å². The van der Waals surface area contributed by atoms with Gasteiger partial charge in [0.2, 0.25) is 0 Å². The van der Waals surface area contributed by atoms with Gasteiger partial charge in [0.05, 0.1) is 17.5 Å². The van der Waals surface area contributed by atoms with Gasteiger partial charge in [-0.3, -0.25) is 4.98 Å². The number of nitriles is 1. The Morgan fingerprint density at radius 1 is 1.33 bits per heavy atom. The highest BCUT2D eigenvalue weighted by molar-refractivity contribution is 5.81. The summed E-state index contributed by atoms with van der Waals surface area (Å²) in [5.74, 6) is 0.0536. The number of aromatic nitrogens is 1. The van der Waals surface area contributed by atoms with Gasteiger partial charge < -0.3 is 4.90 Å². The highest BCUT2D eigenvalue weighted by Crippen LogP contribution is 2.17. The van der Waals surface area contributed by atoms with E-state index in [2.05, 4.69) is 40.2 Å². The number of pyridine rings is 1. The van der Waals surface area contributed by atoms with Crippen LogP contribution < -0.4 is 0 Å². The topological polar surface area (TPSA) is 39.9 Å². The second kappa shape index (κ2) is 5.61. The summed E-state index contributed by atoms with van der Waals surface area (Å²) < 4.78 is 0. The van der Waals surface area contributed by atoms with E-state index in [4.69, 9.17) is 5.26 Å². The molecule has 0 aliphatic rings. The second-order valence-corrected chi connectivity index (χ2v) is 4.72. The fourth-order valence-electron chi connectivity index (χ4n) is 2.16. The van der Waals surface area contributed by atoms with Crippen LogP contribution in [-0.2, 0) is 6.54 Å². The Labute approximate surface area is 108 Å². The maximum atomic E-state index is 8.83. The molecule has 0 N–H and O–H groups in total. The average molecular weight is 239 g/mol. The van der Waals surface area contributed by atoms with E-state index < -0.39 is 0 Å². The molecule has 0 aliphatic carbocycles. The Balaban J connectivity index is 2.19. The number of fused-ring (bicyclic) bond motifs is 1. The number of hydrogen-bond donors (Lipinski definition) is 0. The Morgan fingerprint density at radius 3 is 2.89 bits per heavy atom. The van der Waals surface area contributed by atoms with Crippen molar-refractivity contribution in [3.8, 4) is 6.07 Å². The van der Waals surface area contributed by atoms with Crippen LogP contribution in [-0.4, -0.2) is 23.5 Å². The molecule has 0 radical (unpaired) electrons. The molecule has 0 amide bonds. The standard InChI is InChI=1S/C15H17N3/c1-12(9-16)10-18(2)11-14-6-3-5-13-7-4-8-17-15(13)14/h3-8,12H,10-11H2,1-2H3. The van der Waals surface area contributed by atoms with Gasteiger partial charge in [0, 0.05) is 24.7 Å². The van der Waals surface area contributed by atoms with E-state index in [9.17, 15) is 0 Å². The van der Waals surface area contributed by atoms with Gasteiger partial charge in [-0.1, -0.05) is 24.3 Å². The van der Waals surface area contributed by atoms with E-state index in [0.29, 0.717) is 0 Å². The predicted octanol–water partition coefficient (Wildman–Crippen LogP) is 2.83. The molecule has 2 aromatic rings. The molecule has 3 heteroatoms. The summed E-state index contributed by atoms with van der Waals surface area (Å²) in [6, 6.07) is 12.5. The van der Waals surface area contributed by atoms with Crippen LogP contribution in [0.1, 0.15) is 12.5 Å². The van der Waals surface area contributed by atoms with Gasteiger partial charge in [0.15, 0.2) is 0 Å². The molecule has 2 rings (SSSR count). The van der Waals surface area contributed by atoms with Crippen molar-refractivity contribution in [3.05, 3.63) is 42.1 Å². The summed E-state index contributed by atoms with van der Waals surface area (Å²) in [4.78, 5) is 6.61. The van der Waals surface area contributed by atoms with Gasteiger partial charge in [-0.2, -0.15) is 5.26 Å². The Kier molecular flexibility index (Phi) is 3.91. The van der Waals surface area contributed by atoms with E-state index in [0.717, 1.165) is 24.0 Å². The monoisotopic (exact) mass is 239 g/mol. The van der Waals surface area contributed by atoms with Gasteiger partial charge in [-0.15, -0.1) is 0 Å². The minimum absolute atomic E-state index is 0.0536. The van der Waals surface area contributed by atoms with Crippen molar-refractivity contribution in [2.45, 2.75) is 13.5 Å². The Morgan fingerprint density at radius 2 is 2.11 bits per heavy atom. The van der Waals surface area contributed by atoms with Crippen LogP contribution in [0.25, 0.3) is 10.9 Å². The number of hydrogen-bond acceptors (Lipinski definition) is 3. The lowest BCUT2D eigenvalue weighted by Crippen LogP contribution is -2.23. The molecule has 3 nitrogen and oxygen atoms in total. The lowest BCUT2D eigenvalue weighted by atomic mass is 10.1. The first-order valence-corrected chi connectivity index (χ1v) is 6.11. The number of rotatable bonds is 4. The lowest BCUT2D eigenvalue weighted by molar-refractivity contribution is 0.304. The lowest BCUT2D eigenvalue weighted by Gasteiger charge is -2.18. The van der Waals surface area contributed by atoms with Crippen LogP contribution in [0.5, 0.6) is 0 Å². The van der Waals surface area contributed by atoms with Gasteiger partial charge >= 0.3 is 0 Å². The van der Waals surface area contributed by atoms with Crippen LogP contribution in [0.2, 0.25) is 0 Å². The van der Waals surface area contributed by atoms with Gasteiger partial charge in [0.1, 0.15) is 0 Å². The zero-order chi connectivity index (χ0) is 13.0. The predicted molar refractivity (Wildman–Crippen MR) is 72.9 cm³/mol. The molecule has 0 saturated carbocycles. The molecule has 0 bridgehead atoms. The molecular formula is C15H17N3. The van der Waals surface area contributed by atoms with Gasteiger partial charge in [-0.05, 0) is 25.6 Å². The summed E-state index contributed by atoms with van der Waals surface area (Å²) in [6.45, 7) is 3.54. The summed E-state index contributed by atoms with van der Waals surface area (Å²) in [6.07, 6.45) is 1.82. The summed E-state index contributed by atoms with van der Waals surface area (Å²) in [7, 11) is 2.04. The molecule has 0 fully saturated rings. The second-order valence-electron chi connectivity index (χ2n) is 4.72. The number of para-hydroxylation sites is 1. The smallest absolute Gasteiger partial charge is 0.0746 e. The first-order chi connectivity index (χ1) is 8.70. The van der Waals surface area contributed by atoms with E-state index in [-0.39, 0.29) is 5.92 Å². The first kappa shape index (κ1) is 12.5. The molecule has 1 unspecified atom stereocenters. The zero-order valence-corrected chi connectivity index (χ0v) is 10.8. The average Bonchev–Trinajstić information content (AvgIpc) is 2.39. The largest absolute Gasteiger partial charge is 0.301 e. The third kappa shape index (κ3) is 2.85. The highest BCUT2D eigenvalue weighted by Gasteiger charge is 2.08. The van der Waals surface area contributed by atoms with Crippen molar-refractivity contribution < 1.29 is 0 Å². The quantitative estimate of drug-likeness (QED) is 0.823. The van der Waals surface area contributed by atoms with Crippen molar-refractivity contribution in [1.82, 2.24) is 9.88 Å². The van der Waals surface area contributed by atoms with Crippen LogP contribution in [0, 0.1) is 17.2 Å². The molecule has 0 aliphatic heterocycles. The maximum Gasteiger partial charge on any atom is 0.0746 e. The molecule has 1 atom stereocenters. The van der Waals surface area contributed by atoms with Crippen LogP contribution in [0.15, 0.2) is 36.5 Å². The molecule has 1 aromatic carbocycles. The van der Waals surface area contributed by atoms with Crippen molar-refractivity contribution >= 4 is 10.9 Å². The van der Waals surface area contributed by atoms with Crippen molar-refractivity contribution in [2.24, 2.45) is 5.92 Å². The molecule has 1 heterocycles. The maximum absolute atomic E-state index is 8.83. The van der Waals surface area contributed by atoms with Crippen molar-refractivity contribution in [3.63, 3.8) is 0 Å². The fourth-order valence-corrected chi connectivity index (χ4v) is 2.16. The Bertz CT molecular complexity index is 566. The fraction of sp³-hybridized carbons (Fsp3) is 0.333. The van der Waals surface area contributed by atoms with E-state index in [1.165, 1.54) is 5.56 Å². The minimum atomic E-state index is 0.0536. The van der Waals surface area contributed by atoms with Crippen LogP contribution in [0.4, 0.5) is 0 Å². The summed E-state index contributed by atoms with van der Waals surface area (Å²) >= 11 is 0. The van der Waals surface area contributed by atoms with Crippen molar-refractivity contribution in [2.75, 3.05) is 13.6 Å². The minimum Gasteiger partial charge on any atom is -0.301 e. The zero-order valence-electron chi connectivity index (χ0n) is 10.8. The third-order valence-corrected chi connectivity index (χ3v) is 2.96. The third-order valence-electron chi connectivity index (χ3n) is 2.96. The van der Waals surface area contributed by atoms with E-state index in [1.54, 1.807) is 0 Å². The number of nitrogens with zero attached hydrogens (tertiary/aromatic N) is 3. The molecule has 18 heavy (non-hydrogen) atoms. The molecule has 1 aromatic heterocycles. The molecular weight excluding hydrogens is 222 g/mol. The highest BCUT2D eigenvalue weighted by atomic mass is 15.1. The summed E-state index contributed by atoms with van der Waals surface area (Å²) in [5, 5.41) is 10.00. The van der Waals surface area contributed by atoms with Crippen LogP contribution >= 0.6 is 0 Å². The molecule has 0 saturated heterocycles.